The van der Waals surface area contributed by atoms with E-state index in [9.17, 15) is 13.2 Å². The van der Waals surface area contributed by atoms with E-state index in [-0.39, 0.29) is 12.5 Å². The van der Waals surface area contributed by atoms with Gasteiger partial charge in [0.25, 0.3) is 0 Å². The van der Waals surface area contributed by atoms with Gasteiger partial charge in [-0.1, -0.05) is 24.6 Å². The van der Waals surface area contributed by atoms with Crippen molar-refractivity contribution in [3.8, 4) is 0 Å². The van der Waals surface area contributed by atoms with Gasteiger partial charge in [-0.05, 0) is 56.0 Å². The maximum absolute atomic E-state index is 12.4. The number of rotatable bonds is 6. The van der Waals surface area contributed by atoms with E-state index in [1.807, 2.05) is 32.9 Å². The van der Waals surface area contributed by atoms with Gasteiger partial charge in [0.05, 0.1) is 0 Å². The summed E-state index contributed by atoms with van der Waals surface area (Å²) >= 11 is 6.20. The van der Waals surface area contributed by atoms with Crippen molar-refractivity contribution in [3.63, 3.8) is 0 Å². The Hall–Kier alpha value is -0.740. The van der Waals surface area contributed by atoms with Crippen molar-refractivity contribution in [2.75, 3.05) is 6.54 Å². The summed E-state index contributed by atoms with van der Waals surface area (Å²) in [5.41, 5.74) is 2.84. The van der Waals surface area contributed by atoms with E-state index in [0.29, 0.717) is 11.6 Å². The number of alkyl halides is 3. The predicted molar refractivity (Wildman–Crippen MR) is 77.2 cm³/mol. The first-order valence-corrected chi connectivity index (χ1v) is 7.19. The topological polar surface area (TPSA) is 12.0 Å². The molecular weight excluding hydrogens is 287 g/mol. The summed E-state index contributed by atoms with van der Waals surface area (Å²) in [5, 5.41) is 3.69. The van der Waals surface area contributed by atoms with E-state index in [2.05, 4.69) is 5.32 Å². The first-order valence-electron chi connectivity index (χ1n) is 6.81. The highest BCUT2D eigenvalue weighted by Crippen LogP contribution is 2.32. The maximum atomic E-state index is 12.4. The number of nitrogens with one attached hydrogen (secondary N) is 1. The molecule has 0 heterocycles. The van der Waals surface area contributed by atoms with Crippen LogP contribution in [0.1, 0.15) is 48.9 Å². The van der Waals surface area contributed by atoms with Crippen molar-refractivity contribution in [1.82, 2.24) is 5.32 Å². The Balaban J connectivity index is 2.95. The summed E-state index contributed by atoms with van der Waals surface area (Å²) in [6, 6.07) is 3.35. The van der Waals surface area contributed by atoms with E-state index in [0.717, 1.165) is 23.1 Å². The molecule has 1 unspecified atom stereocenters. The third-order valence-electron chi connectivity index (χ3n) is 3.35. The van der Waals surface area contributed by atoms with Gasteiger partial charge in [0.1, 0.15) is 0 Å². The number of halogens is 4. The minimum Gasteiger partial charge on any atom is -0.310 e. The molecule has 0 amide bonds. The second kappa shape index (κ2) is 7.32. The minimum atomic E-state index is -4.14. The Morgan fingerprint density at radius 3 is 2.35 bits per heavy atom. The van der Waals surface area contributed by atoms with Crippen LogP contribution in [0, 0.1) is 13.8 Å². The van der Waals surface area contributed by atoms with Gasteiger partial charge in [0.15, 0.2) is 0 Å². The van der Waals surface area contributed by atoms with Crippen LogP contribution in [-0.2, 0) is 0 Å². The molecular formula is C15H21ClF3N. The minimum absolute atomic E-state index is 0.00568. The normalized spacial score (nSPS) is 13.6. The Bertz CT molecular complexity index is 443. The Kier molecular flexibility index (Phi) is 6.34. The summed E-state index contributed by atoms with van der Waals surface area (Å²) in [6.45, 7) is 6.53. The molecule has 0 aliphatic heterocycles. The van der Waals surface area contributed by atoms with Gasteiger partial charge in [-0.3, -0.25) is 0 Å². The van der Waals surface area contributed by atoms with Gasteiger partial charge in [-0.15, -0.1) is 0 Å². The van der Waals surface area contributed by atoms with Gasteiger partial charge in [-0.25, -0.2) is 0 Å². The highest BCUT2D eigenvalue weighted by Gasteiger charge is 2.29. The van der Waals surface area contributed by atoms with Crippen LogP contribution < -0.4 is 5.32 Å². The average Bonchev–Trinajstić information content (AvgIpc) is 2.33. The molecule has 0 saturated carbocycles. The molecule has 5 heteroatoms. The summed E-state index contributed by atoms with van der Waals surface area (Å²) in [6.07, 6.45) is -4.08. The molecule has 114 valence electrons. The SMILES string of the molecule is CCCNC(CCC(F)(F)F)c1cc(C)c(C)cc1Cl. The lowest BCUT2D eigenvalue weighted by atomic mass is 9.97. The molecule has 1 N–H and O–H groups in total. The summed E-state index contributed by atoms with van der Waals surface area (Å²) in [7, 11) is 0. The molecule has 1 nitrogen and oxygen atoms in total. The Morgan fingerprint density at radius 2 is 1.80 bits per heavy atom. The molecule has 1 aromatic carbocycles. The van der Waals surface area contributed by atoms with Crippen LogP contribution in [0.2, 0.25) is 5.02 Å². The van der Waals surface area contributed by atoms with Crippen molar-refractivity contribution >= 4 is 11.6 Å². The Labute approximate surface area is 123 Å². The quantitative estimate of drug-likeness (QED) is 0.748. The van der Waals surface area contributed by atoms with Crippen LogP contribution >= 0.6 is 11.6 Å². The highest BCUT2D eigenvalue weighted by atomic mass is 35.5. The fraction of sp³-hybridized carbons (Fsp3) is 0.600. The number of aryl methyl sites for hydroxylation is 2. The van der Waals surface area contributed by atoms with Gasteiger partial charge in [-0.2, -0.15) is 13.2 Å². The van der Waals surface area contributed by atoms with E-state index < -0.39 is 12.6 Å². The fourth-order valence-electron chi connectivity index (χ4n) is 2.06. The smallest absolute Gasteiger partial charge is 0.310 e. The number of hydrogen-bond donors (Lipinski definition) is 1. The monoisotopic (exact) mass is 307 g/mol. The van der Waals surface area contributed by atoms with E-state index in [1.54, 1.807) is 0 Å². The first kappa shape index (κ1) is 17.3. The zero-order valence-electron chi connectivity index (χ0n) is 12.1. The molecule has 1 aromatic rings. The number of hydrogen-bond acceptors (Lipinski definition) is 1. The molecule has 0 aromatic heterocycles. The van der Waals surface area contributed by atoms with Gasteiger partial charge < -0.3 is 5.32 Å². The van der Waals surface area contributed by atoms with Crippen molar-refractivity contribution in [3.05, 3.63) is 33.8 Å². The fourth-order valence-corrected chi connectivity index (χ4v) is 2.41. The summed E-state index contributed by atoms with van der Waals surface area (Å²) in [4.78, 5) is 0. The lowest BCUT2D eigenvalue weighted by Crippen LogP contribution is -2.24. The molecule has 0 aliphatic rings. The lowest BCUT2D eigenvalue weighted by Gasteiger charge is -2.22. The lowest BCUT2D eigenvalue weighted by molar-refractivity contribution is -0.136. The first-order chi connectivity index (χ1) is 9.24. The van der Waals surface area contributed by atoms with E-state index in [1.165, 1.54) is 0 Å². The Morgan fingerprint density at radius 1 is 1.20 bits per heavy atom. The third kappa shape index (κ3) is 5.33. The van der Waals surface area contributed by atoms with Crippen LogP contribution in [0.3, 0.4) is 0 Å². The summed E-state index contributed by atoms with van der Waals surface area (Å²) in [5.74, 6) is 0. The van der Waals surface area contributed by atoms with Crippen molar-refractivity contribution in [1.29, 1.82) is 0 Å². The highest BCUT2D eigenvalue weighted by molar-refractivity contribution is 6.31. The molecule has 1 atom stereocenters. The molecule has 0 bridgehead atoms. The summed E-state index contributed by atoms with van der Waals surface area (Å²) < 4.78 is 37.3. The molecule has 0 spiro atoms. The van der Waals surface area contributed by atoms with Crippen molar-refractivity contribution < 1.29 is 13.2 Å². The van der Waals surface area contributed by atoms with Crippen molar-refractivity contribution in [2.24, 2.45) is 0 Å². The van der Waals surface area contributed by atoms with Crippen LogP contribution in [-0.4, -0.2) is 12.7 Å². The number of benzene rings is 1. The second-order valence-corrected chi connectivity index (χ2v) is 5.53. The van der Waals surface area contributed by atoms with Gasteiger partial charge in [0, 0.05) is 17.5 Å². The average molecular weight is 308 g/mol. The molecule has 20 heavy (non-hydrogen) atoms. The van der Waals surface area contributed by atoms with Crippen LogP contribution in [0.15, 0.2) is 12.1 Å². The molecule has 0 saturated heterocycles. The van der Waals surface area contributed by atoms with Crippen LogP contribution in [0.4, 0.5) is 13.2 Å². The molecule has 1 rings (SSSR count). The van der Waals surface area contributed by atoms with Crippen LogP contribution in [0.5, 0.6) is 0 Å². The zero-order chi connectivity index (χ0) is 15.3. The standard InChI is InChI=1S/C15H21ClF3N/c1-4-7-20-14(5-6-15(17,18)19)12-8-10(2)11(3)9-13(12)16/h8-9,14,20H,4-7H2,1-3H3. The maximum Gasteiger partial charge on any atom is 0.389 e. The van der Waals surface area contributed by atoms with E-state index >= 15 is 0 Å². The molecule has 0 aliphatic carbocycles. The van der Waals surface area contributed by atoms with E-state index in [4.69, 9.17) is 11.6 Å². The van der Waals surface area contributed by atoms with Gasteiger partial charge in [0.2, 0.25) is 0 Å². The molecule has 0 radical (unpaired) electrons. The largest absolute Gasteiger partial charge is 0.389 e. The van der Waals surface area contributed by atoms with Gasteiger partial charge >= 0.3 is 6.18 Å². The van der Waals surface area contributed by atoms with Crippen molar-refractivity contribution in [2.45, 2.75) is 52.3 Å². The second-order valence-electron chi connectivity index (χ2n) is 5.12. The van der Waals surface area contributed by atoms with Crippen LogP contribution in [0.25, 0.3) is 0 Å². The third-order valence-corrected chi connectivity index (χ3v) is 3.67. The zero-order valence-corrected chi connectivity index (χ0v) is 12.8. The molecule has 0 fully saturated rings. The predicted octanol–water partition coefficient (Wildman–Crippen LogP) is 5.34.